The third-order valence-corrected chi connectivity index (χ3v) is 10.2. The second kappa shape index (κ2) is 29.0. The molecule has 0 saturated heterocycles. The molecule has 0 aromatic heterocycles. The number of phosphoric acid groups is 1. The Morgan fingerprint density at radius 3 is 1.50 bits per heavy atom. The Balaban J connectivity index is 2.55. The molecule has 1 saturated carbocycles. The van der Waals surface area contributed by atoms with E-state index in [0.29, 0.717) is 38.5 Å². The second-order valence-electron chi connectivity index (χ2n) is 14.0. The molecule has 0 aromatic rings. The number of aliphatic hydroxyl groups excluding tert-OH is 5. The molecule has 54 heavy (non-hydrogen) atoms. The highest BCUT2D eigenvalue weighted by molar-refractivity contribution is 7.47. The summed E-state index contributed by atoms with van der Waals surface area (Å²) in [5.41, 5.74) is 0. The van der Waals surface area contributed by atoms with E-state index in [9.17, 15) is 54.2 Å². The van der Waals surface area contributed by atoms with Gasteiger partial charge in [-0.05, 0) is 25.3 Å². The lowest BCUT2D eigenvalue weighted by molar-refractivity contribution is -0.220. The van der Waals surface area contributed by atoms with Crippen LogP contribution < -0.4 is 0 Å². The molecule has 0 heterocycles. The van der Waals surface area contributed by atoms with E-state index in [0.717, 1.165) is 37.8 Å². The summed E-state index contributed by atoms with van der Waals surface area (Å²) in [6.45, 7) is 0.899. The van der Waals surface area contributed by atoms with Gasteiger partial charge in [-0.3, -0.25) is 23.4 Å². The van der Waals surface area contributed by atoms with Gasteiger partial charge in [0.05, 0.1) is 6.61 Å². The molecule has 314 valence electrons. The minimum absolute atomic E-state index is 0.0461. The zero-order valence-corrected chi connectivity index (χ0v) is 32.6. The van der Waals surface area contributed by atoms with Crippen LogP contribution in [0.1, 0.15) is 142 Å². The zero-order chi connectivity index (χ0) is 40.4. The van der Waals surface area contributed by atoms with E-state index in [1.165, 1.54) is 51.4 Å². The van der Waals surface area contributed by atoms with E-state index < -0.39 is 81.7 Å². The normalized spacial score (nSPS) is 23.2. The predicted molar refractivity (Wildman–Crippen MR) is 196 cm³/mol. The Morgan fingerprint density at radius 2 is 1.02 bits per heavy atom. The number of carbonyl (C=O) groups excluding carboxylic acids is 3. The fourth-order valence-corrected chi connectivity index (χ4v) is 6.91. The van der Waals surface area contributed by atoms with Crippen LogP contribution in [-0.4, -0.2) is 115 Å². The molecule has 16 nitrogen and oxygen atoms in total. The number of esters is 2. The zero-order valence-electron chi connectivity index (χ0n) is 31.7. The van der Waals surface area contributed by atoms with Crippen molar-refractivity contribution < 1.29 is 77.8 Å². The van der Waals surface area contributed by atoms with Gasteiger partial charge in [-0.25, -0.2) is 9.36 Å². The van der Waals surface area contributed by atoms with Crippen molar-refractivity contribution in [2.45, 2.75) is 184 Å². The first-order valence-corrected chi connectivity index (χ1v) is 21.0. The first-order chi connectivity index (χ1) is 25.7. The van der Waals surface area contributed by atoms with Crippen LogP contribution in [0.15, 0.2) is 12.2 Å². The van der Waals surface area contributed by atoms with E-state index >= 15 is 0 Å². The summed E-state index contributed by atoms with van der Waals surface area (Å²) in [4.78, 5) is 57.5. The van der Waals surface area contributed by atoms with Crippen molar-refractivity contribution in [3.05, 3.63) is 12.2 Å². The fraction of sp³-hybridized carbons (Fsp3) is 0.838. The highest BCUT2D eigenvalue weighted by atomic mass is 31.2. The maximum atomic E-state index is 12.7. The number of aliphatic carboxylic acids is 1. The van der Waals surface area contributed by atoms with Crippen molar-refractivity contribution in [2.24, 2.45) is 0 Å². The molecule has 6 unspecified atom stereocenters. The molecule has 1 aliphatic carbocycles. The largest absolute Gasteiger partial charge is 0.478 e. The van der Waals surface area contributed by atoms with E-state index in [2.05, 4.69) is 6.92 Å². The first-order valence-electron chi connectivity index (χ1n) is 19.5. The average Bonchev–Trinajstić information content (AvgIpc) is 3.13. The number of ether oxygens (including phenoxy) is 2. The molecule has 7 N–H and O–H groups in total. The molecule has 8 atom stereocenters. The van der Waals surface area contributed by atoms with E-state index in [1.807, 2.05) is 0 Å². The summed E-state index contributed by atoms with van der Waals surface area (Å²) in [5, 5.41) is 58.4. The third-order valence-electron chi connectivity index (χ3n) is 9.18. The fourth-order valence-electron chi connectivity index (χ4n) is 5.94. The molecular formula is C37H65O16P. The number of unbranched alkanes of at least 4 members (excludes halogenated alkanes) is 16. The quantitative estimate of drug-likeness (QED) is 0.0218. The maximum absolute atomic E-state index is 12.7. The molecule has 17 heteroatoms. The SMILES string of the molecule is CCCCCCCCCCCCCCCC(=O)OC[C@H](COP(=O)(O)OC1C(O)C(O)C(O)[C@@H](O)C1O)OC(=O)CCCCCCCC(=O)/C=C/C(=O)O. The van der Waals surface area contributed by atoms with Gasteiger partial charge in [0.15, 0.2) is 11.9 Å². The van der Waals surface area contributed by atoms with Crippen molar-refractivity contribution >= 4 is 31.5 Å². The molecule has 0 aliphatic heterocycles. The monoisotopic (exact) mass is 796 g/mol. The summed E-state index contributed by atoms with van der Waals surface area (Å²) in [7, 11) is -5.16. The summed E-state index contributed by atoms with van der Waals surface area (Å²) in [6.07, 6.45) is 6.37. The summed E-state index contributed by atoms with van der Waals surface area (Å²) in [5.74, 6) is -2.77. The summed E-state index contributed by atoms with van der Waals surface area (Å²) in [6, 6.07) is 0. The molecule has 0 spiro atoms. The van der Waals surface area contributed by atoms with E-state index in [1.54, 1.807) is 0 Å². The van der Waals surface area contributed by atoms with Crippen LogP contribution in [-0.2, 0) is 42.3 Å². The maximum Gasteiger partial charge on any atom is 0.472 e. The molecule has 1 aliphatic rings. The number of ketones is 1. The second-order valence-corrected chi connectivity index (χ2v) is 15.4. The predicted octanol–water partition coefficient (Wildman–Crippen LogP) is 4.18. The Bertz CT molecular complexity index is 1130. The third kappa shape index (κ3) is 23.0. The number of hydrogen-bond acceptors (Lipinski definition) is 14. The van der Waals surface area contributed by atoms with Crippen LogP contribution in [0.2, 0.25) is 0 Å². The average molecular weight is 797 g/mol. The van der Waals surface area contributed by atoms with Gasteiger partial charge in [-0.2, -0.15) is 0 Å². The lowest BCUT2D eigenvalue weighted by Crippen LogP contribution is -2.64. The van der Waals surface area contributed by atoms with Crippen LogP contribution in [0.3, 0.4) is 0 Å². The molecular weight excluding hydrogens is 731 g/mol. The Hall–Kier alpha value is -2.27. The highest BCUT2D eigenvalue weighted by Crippen LogP contribution is 2.47. The lowest BCUT2D eigenvalue weighted by atomic mass is 9.85. The number of allylic oxidation sites excluding steroid dienone is 1. The van der Waals surface area contributed by atoms with Gasteiger partial charge >= 0.3 is 25.7 Å². The molecule has 0 bridgehead atoms. The summed E-state index contributed by atoms with van der Waals surface area (Å²) >= 11 is 0. The van der Waals surface area contributed by atoms with Crippen molar-refractivity contribution in [1.82, 2.24) is 0 Å². The Labute approximate surface area is 318 Å². The number of carboxylic acids is 1. The van der Waals surface area contributed by atoms with E-state index in [4.69, 9.17) is 23.6 Å². The number of aliphatic hydroxyl groups is 5. The molecule has 1 fully saturated rings. The first kappa shape index (κ1) is 49.7. The lowest BCUT2D eigenvalue weighted by Gasteiger charge is -2.41. The van der Waals surface area contributed by atoms with Crippen molar-refractivity contribution in [2.75, 3.05) is 13.2 Å². The van der Waals surface area contributed by atoms with Crippen molar-refractivity contribution in [3.8, 4) is 0 Å². The molecule has 0 radical (unpaired) electrons. The van der Waals surface area contributed by atoms with Gasteiger partial charge in [0.1, 0.15) is 43.2 Å². The van der Waals surface area contributed by atoms with Gasteiger partial charge in [0.25, 0.3) is 0 Å². The summed E-state index contributed by atoms with van der Waals surface area (Å²) < 4.78 is 33.1. The smallest absolute Gasteiger partial charge is 0.472 e. The molecule has 1 rings (SSSR count). The molecule has 0 aromatic carbocycles. The van der Waals surface area contributed by atoms with Crippen LogP contribution in [0.4, 0.5) is 0 Å². The van der Waals surface area contributed by atoms with Gasteiger partial charge in [0.2, 0.25) is 0 Å². The number of rotatable bonds is 32. The minimum Gasteiger partial charge on any atom is -0.478 e. The Kier molecular flexibility index (Phi) is 26.8. The van der Waals surface area contributed by atoms with Gasteiger partial charge in [0, 0.05) is 25.3 Å². The van der Waals surface area contributed by atoms with Crippen molar-refractivity contribution in [3.63, 3.8) is 0 Å². The topological polar surface area (TPSA) is 264 Å². The number of carbonyl (C=O) groups is 4. The Morgan fingerprint density at radius 1 is 0.593 bits per heavy atom. The van der Waals surface area contributed by atoms with Crippen LogP contribution in [0.5, 0.6) is 0 Å². The number of carboxylic acid groups (broad SMARTS) is 1. The van der Waals surface area contributed by atoms with E-state index in [-0.39, 0.29) is 25.0 Å². The van der Waals surface area contributed by atoms with Crippen LogP contribution in [0, 0.1) is 0 Å². The van der Waals surface area contributed by atoms with Crippen LogP contribution >= 0.6 is 7.82 Å². The van der Waals surface area contributed by atoms with Crippen molar-refractivity contribution in [1.29, 1.82) is 0 Å². The molecule has 0 amide bonds. The van der Waals surface area contributed by atoms with Crippen LogP contribution in [0.25, 0.3) is 0 Å². The standard InChI is InChI=1S/C37H65O16P/c1-2-3-4-5-6-7-8-9-10-11-12-15-18-21-30(41)50-25-28(52-31(42)22-19-16-13-14-17-20-27(38)23-24-29(39)40)26-51-54(48,49)53-37-35(46)33(44)32(43)34(45)36(37)47/h23-24,28,32-37,43-47H,2-22,25-26H2,1H3,(H,39,40)(H,48,49)/b24-23+/t28-,32?,33-,34?,35?,36?,37?/m1/s1. The number of phosphoric ester groups is 1. The van der Waals surface area contributed by atoms with Gasteiger partial charge in [-0.15, -0.1) is 0 Å². The highest BCUT2D eigenvalue weighted by Gasteiger charge is 2.51. The minimum atomic E-state index is -5.16. The number of hydrogen-bond donors (Lipinski definition) is 7. The van der Waals surface area contributed by atoms with Gasteiger partial charge < -0.3 is 45.0 Å². The van der Waals surface area contributed by atoms with Gasteiger partial charge in [-0.1, -0.05) is 103 Å².